The number of nitrogens with two attached hydrogens (primary N) is 1. The van der Waals surface area contributed by atoms with Crippen molar-refractivity contribution < 1.29 is 0 Å². The quantitative estimate of drug-likeness (QED) is 0.812. The van der Waals surface area contributed by atoms with Gasteiger partial charge in [-0.05, 0) is 44.1 Å². The molecule has 1 aliphatic heterocycles. The Hall–Kier alpha value is -0.0800. The van der Waals surface area contributed by atoms with Gasteiger partial charge in [-0.3, -0.25) is 4.90 Å². The molecule has 2 nitrogen and oxygen atoms in total. The molecule has 0 aromatic rings. The second kappa shape index (κ2) is 6.38. The fourth-order valence-corrected chi connectivity index (χ4v) is 4.43. The molecule has 106 valence electrons. The monoisotopic (exact) mass is 252 g/mol. The largest absolute Gasteiger partial charge is 0.329 e. The van der Waals surface area contributed by atoms with Crippen molar-refractivity contribution in [2.24, 2.45) is 17.6 Å². The Bertz CT molecular complexity index is 247. The van der Waals surface area contributed by atoms with Gasteiger partial charge in [0.05, 0.1) is 0 Å². The molecule has 0 bridgehead atoms. The van der Waals surface area contributed by atoms with E-state index in [-0.39, 0.29) is 0 Å². The van der Waals surface area contributed by atoms with Gasteiger partial charge in [-0.1, -0.05) is 39.5 Å². The highest BCUT2D eigenvalue weighted by Crippen LogP contribution is 2.39. The van der Waals surface area contributed by atoms with Crippen LogP contribution in [0, 0.1) is 11.8 Å². The molecule has 0 radical (unpaired) electrons. The van der Waals surface area contributed by atoms with Gasteiger partial charge in [0, 0.05) is 18.6 Å². The summed E-state index contributed by atoms with van der Waals surface area (Å²) in [6, 6.07) is 0. The van der Waals surface area contributed by atoms with Crippen molar-refractivity contribution in [2.75, 3.05) is 19.6 Å². The number of piperidine rings is 1. The van der Waals surface area contributed by atoms with E-state index in [0.717, 1.165) is 18.4 Å². The molecular weight excluding hydrogens is 220 g/mol. The first kappa shape index (κ1) is 14.3. The third-order valence-electron chi connectivity index (χ3n) is 5.72. The van der Waals surface area contributed by atoms with Gasteiger partial charge in [0.15, 0.2) is 0 Å². The van der Waals surface area contributed by atoms with E-state index < -0.39 is 0 Å². The minimum atomic E-state index is 0.303. The Kier molecular flexibility index (Phi) is 5.08. The zero-order chi connectivity index (χ0) is 13.0. The van der Waals surface area contributed by atoms with E-state index in [1.54, 1.807) is 0 Å². The van der Waals surface area contributed by atoms with E-state index >= 15 is 0 Å². The predicted octanol–water partition coefficient (Wildman–Crippen LogP) is 3.41. The van der Waals surface area contributed by atoms with Gasteiger partial charge in [-0.15, -0.1) is 0 Å². The van der Waals surface area contributed by atoms with Gasteiger partial charge in [-0.25, -0.2) is 0 Å². The summed E-state index contributed by atoms with van der Waals surface area (Å²) >= 11 is 0. The summed E-state index contributed by atoms with van der Waals surface area (Å²) in [5, 5.41) is 0. The van der Waals surface area contributed by atoms with E-state index in [4.69, 9.17) is 5.73 Å². The molecule has 2 rings (SSSR count). The maximum Gasteiger partial charge on any atom is 0.0329 e. The van der Waals surface area contributed by atoms with Crippen molar-refractivity contribution in [1.82, 2.24) is 4.90 Å². The van der Waals surface area contributed by atoms with E-state index in [1.807, 2.05) is 0 Å². The van der Waals surface area contributed by atoms with E-state index in [0.29, 0.717) is 5.54 Å². The zero-order valence-electron chi connectivity index (χ0n) is 12.5. The Labute approximate surface area is 113 Å². The van der Waals surface area contributed by atoms with Crippen LogP contribution in [0.15, 0.2) is 0 Å². The standard InChI is InChI=1S/C16H32N2/c1-3-10-16(4-2,13-17)18-11-9-14-7-5-6-8-15(14)12-18/h14-15H,3-13,17H2,1-2H3. The van der Waals surface area contributed by atoms with Crippen molar-refractivity contribution in [2.45, 2.75) is 70.8 Å². The lowest BCUT2D eigenvalue weighted by Gasteiger charge is -2.50. The molecule has 2 fully saturated rings. The molecule has 1 heterocycles. The lowest BCUT2D eigenvalue weighted by Crippen LogP contribution is -2.58. The first-order valence-electron chi connectivity index (χ1n) is 8.21. The zero-order valence-corrected chi connectivity index (χ0v) is 12.5. The molecule has 2 N–H and O–H groups in total. The van der Waals surface area contributed by atoms with Gasteiger partial charge in [0.2, 0.25) is 0 Å². The molecular formula is C16H32N2. The SMILES string of the molecule is CCCC(CC)(CN)N1CCC2CCCCC2C1. The Balaban J connectivity index is 2.03. The summed E-state index contributed by atoms with van der Waals surface area (Å²) in [6.07, 6.45) is 11.1. The molecule has 3 unspecified atom stereocenters. The average molecular weight is 252 g/mol. The smallest absolute Gasteiger partial charge is 0.0329 e. The molecule has 0 amide bonds. The first-order valence-corrected chi connectivity index (χ1v) is 8.21. The maximum atomic E-state index is 6.16. The second-order valence-corrected chi connectivity index (χ2v) is 6.57. The van der Waals surface area contributed by atoms with Crippen LogP contribution in [0.2, 0.25) is 0 Å². The molecule has 0 spiro atoms. The van der Waals surface area contributed by atoms with Crippen molar-refractivity contribution in [3.05, 3.63) is 0 Å². The van der Waals surface area contributed by atoms with Crippen molar-refractivity contribution >= 4 is 0 Å². The Morgan fingerprint density at radius 3 is 2.44 bits per heavy atom. The van der Waals surface area contributed by atoms with Gasteiger partial charge in [0.25, 0.3) is 0 Å². The maximum absolute atomic E-state index is 6.16. The molecule has 18 heavy (non-hydrogen) atoms. The molecule has 2 heteroatoms. The minimum Gasteiger partial charge on any atom is -0.329 e. The first-order chi connectivity index (χ1) is 8.75. The lowest BCUT2D eigenvalue weighted by molar-refractivity contribution is 0.000128. The average Bonchev–Trinajstić information content (AvgIpc) is 2.44. The van der Waals surface area contributed by atoms with Crippen LogP contribution in [0.5, 0.6) is 0 Å². The Morgan fingerprint density at radius 2 is 1.83 bits per heavy atom. The normalized spacial score (nSPS) is 32.8. The van der Waals surface area contributed by atoms with Gasteiger partial charge >= 0.3 is 0 Å². The van der Waals surface area contributed by atoms with Crippen LogP contribution in [0.1, 0.15) is 65.2 Å². The Morgan fingerprint density at radius 1 is 1.11 bits per heavy atom. The topological polar surface area (TPSA) is 29.3 Å². The van der Waals surface area contributed by atoms with Crippen molar-refractivity contribution in [1.29, 1.82) is 0 Å². The van der Waals surface area contributed by atoms with Crippen LogP contribution in [-0.4, -0.2) is 30.1 Å². The van der Waals surface area contributed by atoms with Crippen LogP contribution < -0.4 is 5.73 Å². The molecule has 1 saturated carbocycles. The van der Waals surface area contributed by atoms with Gasteiger partial charge in [0.1, 0.15) is 0 Å². The van der Waals surface area contributed by atoms with Crippen molar-refractivity contribution in [3.8, 4) is 0 Å². The number of hydrogen-bond donors (Lipinski definition) is 1. The second-order valence-electron chi connectivity index (χ2n) is 6.57. The van der Waals surface area contributed by atoms with Crippen LogP contribution in [0.4, 0.5) is 0 Å². The number of hydrogen-bond acceptors (Lipinski definition) is 2. The highest BCUT2D eigenvalue weighted by molar-refractivity contribution is 4.95. The third-order valence-corrected chi connectivity index (χ3v) is 5.72. The van der Waals surface area contributed by atoms with Crippen LogP contribution in [0.3, 0.4) is 0 Å². The number of nitrogens with zero attached hydrogens (tertiary/aromatic N) is 1. The summed E-state index contributed by atoms with van der Waals surface area (Å²) < 4.78 is 0. The molecule has 0 aromatic carbocycles. The summed E-state index contributed by atoms with van der Waals surface area (Å²) in [7, 11) is 0. The number of fused-ring (bicyclic) bond motifs is 1. The fourth-order valence-electron chi connectivity index (χ4n) is 4.43. The van der Waals surface area contributed by atoms with Crippen molar-refractivity contribution in [3.63, 3.8) is 0 Å². The van der Waals surface area contributed by atoms with E-state index in [9.17, 15) is 0 Å². The molecule has 0 aromatic heterocycles. The van der Waals surface area contributed by atoms with E-state index in [1.165, 1.54) is 64.5 Å². The summed E-state index contributed by atoms with van der Waals surface area (Å²) in [5.74, 6) is 2.01. The molecule has 1 saturated heterocycles. The lowest BCUT2D eigenvalue weighted by atomic mass is 9.73. The highest BCUT2D eigenvalue weighted by atomic mass is 15.2. The third kappa shape index (κ3) is 2.75. The van der Waals surface area contributed by atoms with Gasteiger partial charge in [-0.2, -0.15) is 0 Å². The molecule has 1 aliphatic carbocycles. The number of likely N-dealkylation sites (tertiary alicyclic amines) is 1. The number of rotatable bonds is 5. The van der Waals surface area contributed by atoms with Gasteiger partial charge < -0.3 is 5.73 Å². The minimum absolute atomic E-state index is 0.303. The van der Waals surface area contributed by atoms with E-state index in [2.05, 4.69) is 18.7 Å². The highest BCUT2D eigenvalue weighted by Gasteiger charge is 2.39. The van der Waals surface area contributed by atoms with Crippen LogP contribution in [0.25, 0.3) is 0 Å². The van der Waals surface area contributed by atoms with Crippen LogP contribution in [-0.2, 0) is 0 Å². The summed E-state index contributed by atoms with van der Waals surface area (Å²) in [6.45, 7) is 8.10. The fraction of sp³-hybridized carbons (Fsp3) is 1.00. The molecule has 2 aliphatic rings. The molecule has 3 atom stereocenters. The van der Waals surface area contributed by atoms with Crippen LogP contribution >= 0.6 is 0 Å². The summed E-state index contributed by atoms with van der Waals surface area (Å²) in [5.41, 5.74) is 6.46. The summed E-state index contributed by atoms with van der Waals surface area (Å²) in [4.78, 5) is 2.77. The predicted molar refractivity (Wildman–Crippen MR) is 78.6 cm³/mol.